The van der Waals surface area contributed by atoms with Crippen molar-refractivity contribution >= 4 is 0 Å². The molecule has 0 saturated heterocycles. The standard InChI is InChI=1S/C12H24N2/c13-7-8-14-12-6-5-10-3-1-2-4-11(10)9-12/h10-12,14H,1-9,13H2. The number of rotatable bonds is 3. The van der Waals surface area contributed by atoms with E-state index in [9.17, 15) is 0 Å². The molecule has 0 amide bonds. The molecule has 0 aliphatic heterocycles. The Morgan fingerprint density at radius 2 is 1.79 bits per heavy atom. The predicted octanol–water partition coefficient (Wildman–Crippen LogP) is 1.89. The fourth-order valence-corrected chi connectivity index (χ4v) is 3.35. The molecule has 2 saturated carbocycles. The molecule has 3 N–H and O–H groups in total. The van der Waals surface area contributed by atoms with Crippen molar-refractivity contribution in [3.05, 3.63) is 0 Å². The van der Waals surface area contributed by atoms with Crippen LogP contribution >= 0.6 is 0 Å². The van der Waals surface area contributed by atoms with Gasteiger partial charge in [0.05, 0.1) is 0 Å². The highest BCUT2D eigenvalue weighted by molar-refractivity contribution is 4.86. The molecule has 2 aliphatic carbocycles. The van der Waals surface area contributed by atoms with Gasteiger partial charge in [0.15, 0.2) is 0 Å². The van der Waals surface area contributed by atoms with E-state index in [-0.39, 0.29) is 0 Å². The monoisotopic (exact) mass is 196 g/mol. The van der Waals surface area contributed by atoms with Gasteiger partial charge in [-0.2, -0.15) is 0 Å². The molecule has 2 aliphatic rings. The van der Waals surface area contributed by atoms with E-state index in [1.165, 1.54) is 44.9 Å². The van der Waals surface area contributed by atoms with Crippen molar-refractivity contribution in [2.75, 3.05) is 13.1 Å². The molecule has 82 valence electrons. The van der Waals surface area contributed by atoms with E-state index in [0.29, 0.717) is 0 Å². The summed E-state index contributed by atoms with van der Waals surface area (Å²) in [5, 5.41) is 3.58. The molecule has 0 aromatic heterocycles. The second-order valence-corrected chi connectivity index (χ2v) is 5.06. The van der Waals surface area contributed by atoms with Crippen LogP contribution in [0, 0.1) is 11.8 Å². The maximum absolute atomic E-state index is 5.51. The molecule has 0 bridgehead atoms. The smallest absolute Gasteiger partial charge is 0.00770 e. The van der Waals surface area contributed by atoms with Gasteiger partial charge in [0.2, 0.25) is 0 Å². The third kappa shape index (κ3) is 2.48. The van der Waals surface area contributed by atoms with E-state index >= 15 is 0 Å². The molecular formula is C12H24N2. The molecule has 0 aromatic carbocycles. The number of nitrogens with two attached hydrogens (primary N) is 1. The number of fused-ring (bicyclic) bond motifs is 1. The van der Waals surface area contributed by atoms with Crippen LogP contribution in [0.2, 0.25) is 0 Å². The minimum atomic E-state index is 0.776. The largest absolute Gasteiger partial charge is 0.329 e. The highest BCUT2D eigenvalue weighted by Crippen LogP contribution is 2.40. The van der Waals surface area contributed by atoms with Crippen molar-refractivity contribution in [2.24, 2.45) is 17.6 Å². The Bertz CT molecular complexity index is 170. The molecule has 3 atom stereocenters. The minimum absolute atomic E-state index is 0.776. The molecule has 0 radical (unpaired) electrons. The van der Waals surface area contributed by atoms with Crippen LogP contribution in [0.15, 0.2) is 0 Å². The molecule has 3 unspecified atom stereocenters. The van der Waals surface area contributed by atoms with Crippen LogP contribution in [0.25, 0.3) is 0 Å². The fourth-order valence-electron chi connectivity index (χ4n) is 3.35. The van der Waals surface area contributed by atoms with Crippen LogP contribution in [0.3, 0.4) is 0 Å². The lowest BCUT2D eigenvalue weighted by Gasteiger charge is -2.39. The Morgan fingerprint density at radius 1 is 1.00 bits per heavy atom. The minimum Gasteiger partial charge on any atom is -0.329 e. The Hall–Kier alpha value is -0.0800. The van der Waals surface area contributed by atoms with Crippen LogP contribution in [-0.2, 0) is 0 Å². The summed E-state index contributed by atoms with van der Waals surface area (Å²) in [4.78, 5) is 0. The van der Waals surface area contributed by atoms with Gasteiger partial charge in [-0.15, -0.1) is 0 Å². The van der Waals surface area contributed by atoms with Crippen molar-refractivity contribution in [1.29, 1.82) is 0 Å². The van der Waals surface area contributed by atoms with E-state index in [1.54, 1.807) is 0 Å². The fraction of sp³-hybridized carbons (Fsp3) is 1.00. The topological polar surface area (TPSA) is 38.0 Å². The first-order chi connectivity index (χ1) is 6.90. The van der Waals surface area contributed by atoms with Gasteiger partial charge >= 0.3 is 0 Å². The van der Waals surface area contributed by atoms with Crippen LogP contribution in [0.1, 0.15) is 44.9 Å². The summed E-state index contributed by atoms with van der Waals surface area (Å²) < 4.78 is 0. The first kappa shape index (κ1) is 10.4. The van der Waals surface area contributed by atoms with Crippen molar-refractivity contribution in [1.82, 2.24) is 5.32 Å². The van der Waals surface area contributed by atoms with Gasteiger partial charge in [-0.05, 0) is 31.1 Å². The van der Waals surface area contributed by atoms with Crippen LogP contribution in [0.4, 0.5) is 0 Å². The van der Waals surface area contributed by atoms with Gasteiger partial charge in [0.1, 0.15) is 0 Å². The highest BCUT2D eigenvalue weighted by atomic mass is 14.9. The summed E-state index contributed by atoms with van der Waals surface area (Å²) in [6.07, 6.45) is 10.2. The Kier molecular flexibility index (Phi) is 3.82. The molecule has 0 aromatic rings. The van der Waals surface area contributed by atoms with E-state index in [2.05, 4.69) is 5.32 Å². The van der Waals surface area contributed by atoms with Crippen molar-refractivity contribution in [3.63, 3.8) is 0 Å². The van der Waals surface area contributed by atoms with Gasteiger partial charge < -0.3 is 11.1 Å². The van der Waals surface area contributed by atoms with Crippen LogP contribution in [-0.4, -0.2) is 19.1 Å². The second-order valence-electron chi connectivity index (χ2n) is 5.06. The Morgan fingerprint density at radius 3 is 2.57 bits per heavy atom. The third-order valence-corrected chi connectivity index (χ3v) is 4.12. The van der Waals surface area contributed by atoms with Gasteiger partial charge in [-0.25, -0.2) is 0 Å². The van der Waals surface area contributed by atoms with Crippen LogP contribution < -0.4 is 11.1 Å². The summed E-state index contributed by atoms with van der Waals surface area (Å²) >= 11 is 0. The van der Waals surface area contributed by atoms with Gasteiger partial charge in [0.25, 0.3) is 0 Å². The van der Waals surface area contributed by atoms with E-state index < -0.39 is 0 Å². The highest BCUT2D eigenvalue weighted by Gasteiger charge is 2.31. The molecule has 2 heteroatoms. The van der Waals surface area contributed by atoms with Crippen molar-refractivity contribution in [3.8, 4) is 0 Å². The molecule has 2 fully saturated rings. The Labute approximate surface area is 87.6 Å². The maximum atomic E-state index is 5.51. The lowest BCUT2D eigenvalue weighted by molar-refractivity contribution is 0.144. The van der Waals surface area contributed by atoms with Crippen LogP contribution in [0.5, 0.6) is 0 Å². The molecule has 2 rings (SSSR count). The maximum Gasteiger partial charge on any atom is 0.00770 e. The quantitative estimate of drug-likeness (QED) is 0.723. The summed E-state index contributed by atoms with van der Waals surface area (Å²) in [6, 6.07) is 0.776. The zero-order chi connectivity index (χ0) is 9.80. The Balaban J connectivity index is 1.77. The predicted molar refractivity (Wildman–Crippen MR) is 60.1 cm³/mol. The van der Waals surface area contributed by atoms with Gasteiger partial charge in [-0.1, -0.05) is 25.7 Å². The lowest BCUT2D eigenvalue weighted by atomic mass is 9.69. The van der Waals surface area contributed by atoms with E-state index in [4.69, 9.17) is 5.73 Å². The number of hydrogen-bond donors (Lipinski definition) is 2. The lowest BCUT2D eigenvalue weighted by Crippen LogP contribution is -2.40. The van der Waals surface area contributed by atoms with Crippen molar-refractivity contribution in [2.45, 2.75) is 51.0 Å². The second kappa shape index (κ2) is 5.13. The van der Waals surface area contributed by atoms with Gasteiger partial charge in [-0.3, -0.25) is 0 Å². The first-order valence-corrected chi connectivity index (χ1v) is 6.33. The molecule has 2 nitrogen and oxygen atoms in total. The van der Waals surface area contributed by atoms with E-state index in [0.717, 1.165) is 31.0 Å². The normalized spacial score (nSPS) is 37.9. The van der Waals surface area contributed by atoms with E-state index in [1.807, 2.05) is 0 Å². The van der Waals surface area contributed by atoms with Gasteiger partial charge in [0, 0.05) is 19.1 Å². The zero-order valence-electron chi connectivity index (χ0n) is 9.17. The average Bonchev–Trinajstić information content (AvgIpc) is 2.26. The summed E-state index contributed by atoms with van der Waals surface area (Å²) in [6.45, 7) is 1.78. The molecular weight excluding hydrogens is 172 g/mol. The SMILES string of the molecule is NCCNC1CCC2CCCCC2C1. The summed E-state index contributed by atoms with van der Waals surface area (Å²) in [7, 11) is 0. The average molecular weight is 196 g/mol. The first-order valence-electron chi connectivity index (χ1n) is 6.33. The number of nitrogens with one attached hydrogen (secondary N) is 1. The molecule has 0 heterocycles. The summed E-state index contributed by atoms with van der Waals surface area (Å²) in [5.74, 6) is 2.10. The number of hydrogen-bond acceptors (Lipinski definition) is 2. The zero-order valence-corrected chi connectivity index (χ0v) is 9.17. The molecule has 14 heavy (non-hydrogen) atoms. The van der Waals surface area contributed by atoms with Crippen molar-refractivity contribution < 1.29 is 0 Å². The molecule has 0 spiro atoms. The third-order valence-electron chi connectivity index (χ3n) is 4.12. The summed E-state index contributed by atoms with van der Waals surface area (Å²) in [5.41, 5.74) is 5.51.